The SMILES string of the molecule is NC(=S)c1ccc(Br)cc1N(CCO)C1CCCCC1. The molecule has 0 unspecified atom stereocenters. The average Bonchev–Trinajstić information content (AvgIpc) is 2.45. The van der Waals surface area contributed by atoms with Crippen molar-refractivity contribution in [3.63, 3.8) is 0 Å². The van der Waals surface area contributed by atoms with Gasteiger partial charge in [-0.15, -0.1) is 0 Å². The largest absolute Gasteiger partial charge is 0.395 e. The Morgan fingerprint density at radius 3 is 2.65 bits per heavy atom. The number of nitrogens with two attached hydrogens (primary N) is 1. The first-order valence-corrected chi connectivity index (χ1v) is 8.30. The average molecular weight is 357 g/mol. The summed E-state index contributed by atoms with van der Waals surface area (Å²) in [4.78, 5) is 2.68. The first-order valence-electron chi connectivity index (χ1n) is 7.10. The number of thiocarbonyl (C=S) groups is 1. The maximum absolute atomic E-state index is 9.41. The summed E-state index contributed by atoms with van der Waals surface area (Å²) in [6.45, 7) is 0.760. The van der Waals surface area contributed by atoms with Crippen LogP contribution in [0.1, 0.15) is 37.7 Å². The van der Waals surface area contributed by atoms with Gasteiger partial charge in [-0.05, 0) is 31.0 Å². The number of aliphatic hydroxyl groups excluding tert-OH is 1. The molecule has 1 saturated carbocycles. The minimum absolute atomic E-state index is 0.139. The maximum Gasteiger partial charge on any atom is 0.106 e. The van der Waals surface area contributed by atoms with Crippen molar-refractivity contribution >= 4 is 38.8 Å². The van der Waals surface area contributed by atoms with Crippen LogP contribution in [0.4, 0.5) is 5.69 Å². The minimum Gasteiger partial charge on any atom is -0.395 e. The second-order valence-electron chi connectivity index (χ2n) is 5.23. The van der Waals surface area contributed by atoms with E-state index in [0.717, 1.165) is 15.7 Å². The Bertz CT molecular complexity index is 475. The number of aliphatic hydroxyl groups is 1. The van der Waals surface area contributed by atoms with E-state index >= 15 is 0 Å². The fourth-order valence-electron chi connectivity index (χ4n) is 2.95. The molecule has 5 heteroatoms. The Labute approximate surface area is 134 Å². The van der Waals surface area contributed by atoms with Gasteiger partial charge in [0, 0.05) is 28.3 Å². The first kappa shape index (κ1) is 15.7. The number of hydrogen-bond acceptors (Lipinski definition) is 3. The summed E-state index contributed by atoms with van der Waals surface area (Å²) in [6, 6.07) is 6.43. The van der Waals surface area contributed by atoms with Crippen LogP contribution in [0.3, 0.4) is 0 Å². The highest BCUT2D eigenvalue weighted by atomic mass is 79.9. The molecule has 0 heterocycles. The van der Waals surface area contributed by atoms with Gasteiger partial charge in [0.05, 0.1) is 6.61 Å². The van der Waals surface area contributed by atoms with Crippen molar-refractivity contribution in [2.75, 3.05) is 18.1 Å². The van der Waals surface area contributed by atoms with Gasteiger partial charge in [0.15, 0.2) is 0 Å². The molecule has 0 aliphatic heterocycles. The van der Waals surface area contributed by atoms with Gasteiger partial charge in [0.2, 0.25) is 0 Å². The summed E-state index contributed by atoms with van der Waals surface area (Å²) >= 11 is 8.69. The summed E-state index contributed by atoms with van der Waals surface area (Å²) in [5, 5.41) is 9.41. The molecule has 0 atom stereocenters. The van der Waals surface area contributed by atoms with E-state index in [9.17, 15) is 5.11 Å². The van der Waals surface area contributed by atoms with Gasteiger partial charge in [-0.1, -0.05) is 47.4 Å². The molecule has 3 N–H and O–H groups in total. The Kier molecular flexibility index (Phi) is 5.81. The van der Waals surface area contributed by atoms with Crippen LogP contribution in [0.2, 0.25) is 0 Å². The second-order valence-corrected chi connectivity index (χ2v) is 6.59. The van der Waals surface area contributed by atoms with Crippen molar-refractivity contribution < 1.29 is 5.11 Å². The highest BCUT2D eigenvalue weighted by Crippen LogP contribution is 2.31. The Morgan fingerprint density at radius 1 is 1.35 bits per heavy atom. The molecule has 1 fully saturated rings. The quantitative estimate of drug-likeness (QED) is 0.795. The zero-order chi connectivity index (χ0) is 14.5. The van der Waals surface area contributed by atoms with Crippen molar-refractivity contribution in [1.82, 2.24) is 0 Å². The molecule has 1 aromatic carbocycles. The first-order chi connectivity index (χ1) is 9.63. The molecule has 0 saturated heterocycles. The number of halogens is 1. The van der Waals surface area contributed by atoms with Crippen molar-refractivity contribution in [3.8, 4) is 0 Å². The number of benzene rings is 1. The van der Waals surface area contributed by atoms with E-state index < -0.39 is 0 Å². The maximum atomic E-state index is 9.41. The fraction of sp³-hybridized carbons (Fsp3) is 0.533. The van der Waals surface area contributed by atoms with Gasteiger partial charge in [-0.2, -0.15) is 0 Å². The van der Waals surface area contributed by atoms with Crippen LogP contribution in [-0.4, -0.2) is 29.3 Å². The predicted molar refractivity (Wildman–Crippen MR) is 91.3 cm³/mol. The van der Waals surface area contributed by atoms with Crippen LogP contribution in [-0.2, 0) is 0 Å². The summed E-state index contributed by atoms with van der Waals surface area (Å²) in [6.07, 6.45) is 6.16. The second kappa shape index (κ2) is 7.38. The number of rotatable bonds is 5. The van der Waals surface area contributed by atoms with E-state index in [4.69, 9.17) is 18.0 Å². The topological polar surface area (TPSA) is 49.5 Å². The monoisotopic (exact) mass is 356 g/mol. The van der Waals surface area contributed by atoms with Gasteiger partial charge in [0.25, 0.3) is 0 Å². The molecule has 0 spiro atoms. The molecule has 2 rings (SSSR count). The number of hydrogen-bond donors (Lipinski definition) is 2. The highest BCUT2D eigenvalue weighted by Gasteiger charge is 2.23. The zero-order valence-corrected chi connectivity index (χ0v) is 13.9. The van der Waals surface area contributed by atoms with E-state index in [-0.39, 0.29) is 6.61 Å². The van der Waals surface area contributed by atoms with Crippen LogP contribution in [0.15, 0.2) is 22.7 Å². The lowest BCUT2D eigenvalue weighted by Gasteiger charge is -2.37. The third-order valence-corrected chi connectivity index (χ3v) is 4.60. The van der Waals surface area contributed by atoms with Gasteiger partial charge in [-0.25, -0.2) is 0 Å². The van der Waals surface area contributed by atoms with E-state index in [0.29, 0.717) is 17.6 Å². The van der Waals surface area contributed by atoms with Crippen LogP contribution in [0.5, 0.6) is 0 Å². The van der Waals surface area contributed by atoms with E-state index in [1.54, 1.807) is 0 Å². The smallest absolute Gasteiger partial charge is 0.106 e. The molecule has 0 aromatic heterocycles. The lowest BCUT2D eigenvalue weighted by molar-refractivity contribution is 0.290. The van der Waals surface area contributed by atoms with Crippen molar-refractivity contribution in [2.24, 2.45) is 5.73 Å². The highest BCUT2D eigenvalue weighted by molar-refractivity contribution is 9.10. The molecule has 3 nitrogen and oxygen atoms in total. The molecule has 110 valence electrons. The van der Waals surface area contributed by atoms with Gasteiger partial charge >= 0.3 is 0 Å². The van der Waals surface area contributed by atoms with Crippen LogP contribution in [0, 0.1) is 0 Å². The standard InChI is InChI=1S/C15H21BrN2OS/c16-11-6-7-13(15(17)20)14(10-11)18(8-9-19)12-4-2-1-3-5-12/h6-7,10,12,19H,1-5,8-9H2,(H2,17,20). The van der Waals surface area contributed by atoms with Crippen LogP contribution in [0.25, 0.3) is 0 Å². The molecule has 1 aromatic rings. The summed E-state index contributed by atoms with van der Waals surface area (Å²) in [7, 11) is 0. The Morgan fingerprint density at radius 2 is 2.05 bits per heavy atom. The number of anilines is 1. The molecule has 20 heavy (non-hydrogen) atoms. The van der Waals surface area contributed by atoms with Crippen LogP contribution >= 0.6 is 28.1 Å². The molecule has 0 bridgehead atoms. The van der Waals surface area contributed by atoms with Gasteiger partial charge in [0.1, 0.15) is 4.99 Å². The molecule has 0 amide bonds. The van der Waals surface area contributed by atoms with Crippen molar-refractivity contribution in [1.29, 1.82) is 0 Å². The zero-order valence-electron chi connectivity index (χ0n) is 11.5. The number of nitrogens with zero attached hydrogens (tertiary/aromatic N) is 1. The molecule has 0 radical (unpaired) electrons. The third kappa shape index (κ3) is 3.71. The minimum atomic E-state index is 0.139. The normalized spacial score (nSPS) is 16.1. The Balaban J connectivity index is 2.36. The molecular formula is C15H21BrN2OS. The third-order valence-electron chi connectivity index (χ3n) is 3.89. The van der Waals surface area contributed by atoms with Crippen molar-refractivity contribution in [3.05, 3.63) is 28.2 Å². The predicted octanol–water partition coefficient (Wildman–Crippen LogP) is 3.21. The lowest BCUT2D eigenvalue weighted by atomic mass is 9.93. The summed E-state index contributed by atoms with van der Waals surface area (Å²) in [5.41, 5.74) is 7.78. The molecular weight excluding hydrogens is 336 g/mol. The van der Waals surface area contributed by atoms with Crippen LogP contribution < -0.4 is 10.6 Å². The fourth-order valence-corrected chi connectivity index (χ4v) is 3.47. The molecule has 1 aliphatic rings. The molecule has 1 aliphatic carbocycles. The van der Waals surface area contributed by atoms with Crippen molar-refractivity contribution in [2.45, 2.75) is 38.1 Å². The van der Waals surface area contributed by atoms with E-state index in [1.807, 2.05) is 12.1 Å². The van der Waals surface area contributed by atoms with Gasteiger partial charge < -0.3 is 15.7 Å². The Hall–Kier alpha value is -0.650. The van der Waals surface area contributed by atoms with E-state index in [1.165, 1.54) is 32.1 Å². The summed E-state index contributed by atoms with van der Waals surface area (Å²) < 4.78 is 1.01. The summed E-state index contributed by atoms with van der Waals surface area (Å²) in [5.74, 6) is 0. The van der Waals surface area contributed by atoms with E-state index in [2.05, 4.69) is 26.9 Å². The van der Waals surface area contributed by atoms with Gasteiger partial charge in [-0.3, -0.25) is 0 Å². The lowest BCUT2D eigenvalue weighted by Crippen LogP contribution is -2.40.